The average molecular weight is 399 g/mol. The van der Waals surface area contributed by atoms with Crippen LogP contribution >= 0.6 is 0 Å². The smallest absolute Gasteiger partial charge is 0.163 e. The van der Waals surface area contributed by atoms with Gasteiger partial charge in [0.1, 0.15) is 5.60 Å². The number of hydrogen-bond acceptors (Lipinski definition) is 3. The molecule has 160 valence electrons. The molecule has 0 heterocycles. The number of fused-ring (bicyclic) bond motifs is 1. The molecule has 0 bridgehead atoms. The number of aliphatic hydroxyl groups is 2. The second-order valence-corrected chi connectivity index (χ2v) is 9.99. The SMILES string of the molecule is C=C1/C(=C\C=C2/CCC[C@]3(C)C(CCCC(=O)C(C)(C)O)=CCC23)CCC[C@@H]1O. The van der Waals surface area contributed by atoms with Gasteiger partial charge in [-0.3, -0.25) is 4.79 Å². The summed E-state index contributed by atoms with van der Waals surface area (Å²) in [6, 6.07) is 0. The highest BCUT2D eigenvalue weighted by atomic mass is 16.3. The van der Waals surface area contributed by atoms with Crippen LogP contribution in [0.2, 0.25) is 0 Å². The van der Waals surface area contributed by atoms with E-state index in [1.807, 2.05) is 0 Å². The quantitative estimate of drug-likeness (QED) is 0.574. The van der Waals surface area contributed by atoms with Crippen molar-refractivity contribution < 1.29 is 15.0 Å². The summed E-state index contributed by atoms with van der Waals surface area (Å²) in [5.74, 6) is 0.485. The van der Waals surface area contributed by atoms with Gasteiger partial charge < -0.3 is 10.2 Å². The lowest BCUT2D eigenvalue weighted by molar-refractivity contribution is -0.134. The summed E-state index contributed by atoms with van der Waals surface area (Å²) in [7, 11) is 0. The molecule has 0 radical (unpaired) electrons. The van der Waals surface area contributed by atoms with Crippen LogP contribution in [0, 0.1) is 11.3 Å². The Labute approximate surface area is 176 Å². The molecular weight excluding hydrogens is 360 g/mol. The molecule has 0 aromatic rings. The predicted octanol–water partition coefficient (Wildman–Crippen LogP) is 5.59. The topological polar surface area (TPSA) is 57.5 Å². The lowest BCUT2D eigenvalue weighted by Crippen LogP contribution is -2.32. The fraction of sp³-hybridized carbons (Fsp3) is 0.654. The molecule has 3 nitrogen and oxygen atoms in total. The van der Waals surface area contributed by atoms with E-state index in [2.05, 4.69) is 31.7 Å². The lowest BCUT2D eigenvalue weighted by atomic mass is 9.63. The molecule has 3 aliphatic carbocycles. The van der Waals surface area contributed by atoms with Gasteiger partial charge in [-0.1, -0.05) is 42.9 Å². The number of ketones is 1. The van der Waals surface area contributed by atoms with Crippen LogP contribution in [0.1, 0.15) is 85.0 Å². The minimum atomic E-state index is -1.22. The molecule has 1 unspecified atom stereocenters. The van der Waals surface area contributed by atoms with Crippen LogP contribution in [0.5, 0.6) is 0 Å². The van der Waals surface area contributed by atoms with Gasteiger partial charge in [-0.2, -0.15) is 0 Å². The third-order valence-corrected chi connectivity index (χ3v) is 7.48. The molecule has 3 heteroatoms. The Hall–Kier alpha value is -1.45. The van der Waals surface area contributed by atoms with E-state index < -0.39 is 5.60 Å². The second kappa shape index (κ2) is 8.73. The van der Waals surface area contributed by atoms with Crippen molar-refractivity contribution >= 4 is 5.78 Å². The number of Topliss-reactive ketones (excluding diaryl/α,β-unsaturated/α-hetero) is 1. The molecule has 29 heavy (non-hydrogen) atoms. The van der Waals surface area contributed by atoms with Gasteiger partial charge in [-0.25, -0.2) is 0 Å². The Balaban J connectivity index is 1.66. The molecule has 0 aliphatic heterocycles. The number of hydrogen-bond donors (Lipinski definition) is 2. The number of carbonyl (C=O) groups excluding carboxylic acids is 1. The first kappa shape index (κ1) is 22.2. The number of aliphatic hydroxyl groups excluding tert-OH is 1. The number of rotatable bonds is 6. The van der Waals surface area contributed by atoms with Crippen LogP contribution in [-0.4, -0.2) is 27.7 Å². The first-order chi connectivity index (χ1) is 13.6. The Bertz CT molecular complexity index is 746. The standard InChI is InChI=1S/C26H38O3/c1-18-19(8-5-11-23(18)27)13-14-20-9-7-17-26(4)21(15-16-22(20)26)10-6-12-24(28)25(2,3)29/h13-15,22-23,27,29H,1,5-12,16-17H2,2-4H3/b19-13-,20-14+/t22?,23-,26+/m0/s1. The van der Waals surface area contributed by atoms with Crippen LogP contribution in [-0.2, 0) is 4.79 Å². The summed E-state index contributed by atoms with van der Waals surface area (Å²) in [6.07, 6.45) is 16.3. The zero-order chi connectivity index (χ0) is 21.2. The second-order valence-electron chi connectivity index (χ2n) is 9.99. The van der Waals surface area contributed by atoms with E-state index in [1.165, 1.54) is 29.6 Å². The van der Waals surface area contributed by atoms with Crippen molar-refractivity contribution in [1.82, 2.24) is 0 Å². The van der Waals surface area contributed by atoms with Crippen LogP contribution in [0.3, 0.4) is 0 Å². The van der Waals surface area contributed by atoms with E-state index >= 15 is 0 Å². The molecule has 2 N–H and O–H groups in total. The molecule has 2 fully saturated rings. The van der Waals surface area contributed by atoms with Gasteiger partial charge in [0.2, 0.25) is 0 Å². The third-order valence-electron chi connectivity index (χ3n) is 7.48. The van der Waals surface area contributed by atoms with Gasteiger partial charge in [0.15, 0.2) is 5.78 Å². The summed E-state index contributed by atoms with van der Waals surface area (Å²) < 4.78 is 0. The fourth-order valence-electron chi connectivity index (χ4n) is 5.47. The van der Waals surface area contributed by atoms with Gasteiger partial charge >= 0.3 is 0 Å². The van der Waals surface area contributed by atoms with Gasteiger partial charge in [0.25, 0.3) is 0 Å². The third kappa shape index (κ3) is 4.83. The Morgan fingerprint density at radius 1 is 1.31 bits per heavy atom. The van der Waals surface area contributed by atoms with Crippen LogP contribution in [0.25, 0.3) is 0 Å². The zero-order valence-corrected chi connectivity index (χ0v) is 18.5. The van der Waals surface area contributed by atoms with E-state index in [4.69, 9.17) is 0 Å². The summed E-state index contributed by atoms with van der Waals surface area (Å²) in [5.41, 5.74) is 4.11. The molecule has 0 amide bonds. The minimum Gasteiger partial charge on any atom is -0.388 e. The Morgan fingerprint density at radius 2 is 2.07 bits per heavy atom. The number of carbonyl (C=O) groups is 1. The van der Waals surface area contributed by atoms with E-state index in [9.17, 15) is 15.0 Å². The van der Waals surface area contributed by atoms with Crippen molar-refractivity contribution in [3.8, 4) is 0 Å². The maximum absolute atomic E-state index is 12.0. The highest BCUT2D eigenvalue weighted by Crippen LogP contribution is 2.55. The van der Waals surface area contributed by atoms with Crippen LogP contribution in [0.15, 0.2) is 47.1 Å². The van der Waals surface area contributed by atoms with Crippen molar-refractivity contribution in [1.29, 1.82) is 0 Å². The maximum Gasteiger partial charge on any atom is 0.163 e. The van der Waals surface area contributed by atoms with Gasteiger partial charge in [0.05, 0.1) is 6.10 Å². The van der Waals surface area contributed by atoms with Gasteiger partial charge in [0, 0.05) is 6.42 Å². The molecular formula is C26H38O3. The predicted molar refractivity (Wildman–Crippen MR) is 118 cm³/mol. The first-order valence-electron chi connectivity index (χ1n) is 11.3. The average Bonchev–Trinajstić information content (AvgIpc) is 2.99. The minimum absolute atomic E-state index is 0.0662. The monoisotopic (exact) mass is 398 g/mol. The summed E-state index contributed by atoms with van der Waals surface area (Å²) >= 11 is 0. The fourth-order valence-corrected chi connectivity index (χ4v) is 5.47. The van der Waals surface area contributed by atoms with Crippen LogP contribution < -0.4 is 0 Å². The maximum atomic E-state index is 12.0. The van der Waals surface area contributed by atoms with E-state index in [-0.39, 0.29) is 17.3 Å². The molecule has 3 aliphatic rings. The molecule has 0 saturated heterocycles. The van der Waals surface area contributed by atoms with Gasteiger partial charge in [-0.05, 0) is 94.1 Å². The molecule has 0 aromatic heterocycles. The summed E-state index contributed by atoms with van der Waals surface area (Å²) in [4.78, 5) is 12.0. The molecule has 2 saturated carbocycles. The largest absolute Gasteiger partial charge is 0.388 e. The van der Waals surface area contributed by atoms with E-state index in [0.29, 0.717) is 12.3 Å². The van der Waals surface area contributed by atoms with E-state index in [1.54, 1.807) is 13.8 Å². The Kier molecular flexibility index (Phi) is 6.70. The van der Waals surface area contributed by atoms with Crippen LogP contribution in [0.4, 0.5) is 0 Å². The first-order valence-corrected chi connectivity index (χ1v) is 11.3. The van der Waals surface area contributed by atoms with Crippen molar-refractivity contribution in [2.75, 3.05) is 0 Å². The van der Waals surface area contributed by atoms with Crippen molar-refractivity contribution in [2.24, 2.45) is 11.3 Å². The van der Waals surface area contributed by atoms with Gasteiger partial charge in [-0.15, -0.1) is 0 Å². The normalized spacial score (nSPS) is 33.1. The highest BCUT2D eigenvalue weighted by Gasteiger charge is 2.44. The van der Waals surface area contributed by atoms with Crippen molar-refractivity contribution in [3.05, 3.63) is 47.1 Å². The summed E-state index contributed by atoms with van der Waals surface area (Å²) in [5, 5.41) is 19.9. The lowest BCUT2D eigenvalue weighted by Gasteiger charge is -2.41. The summed E-state index contributed by atoms with van der Waals surface area (Å²) in [6.45, 7) is 9.65. The molecule has 3 atom stereocenters. The zero-order valence-electron chi connectivity index (χ0n) is 18.5. The van der Waals surface area contributed by atoms with Crippen molar-refractivity contribution in [3.63, 3.8) is 0 Å². The van der Waals surface area contributed by atoms with E-state index in [0.717, 1.165) is 50.5 Å². The molecule has 0 spiro atoms. The van der Waals surface area contributed by atoms with Crippen molar-refractivity contribution in [2.45, 2.75) is 96.7 Å². The molecule has 3 rings (SSSR count). The Morgan fingerprint density at radius 3 is 2.79 bits per heavy atom. The highest BCUT2D eigenvalue weighted by molar-refractivity contribution is 5.86. The molecule has 0 aromatic carbocycles. The number of allylic oxidation sites excluding steroid dienone is 5.